The summed E-state index contributed by atoms with van der Waals surface area (Å²) in [5.41, 5.74) is 2.62. The number of rotatable bonds is 4. The maximum atomic E-state index is 13.1. The minimum Gasteiger partial charge on any atom is -0.455 e. The number of hydrogen-bond donors (Lipinski definition) is 0. The van der Waals surface area contributed by atoms with Crippen molar-refractivity contribution in [2.45, 2.75) is 45.2 Å². The number of nitrogens with zero attached hydrogens (tertiary/aromatic N) is 3. The van der Waals surface area contributed by atoms with Gasteiger partial charge in [0.1, 0.15) is 5.76 Å². The predicted octanol–water partition coefficient (Wildman–Crippen LogP) is 3.31. The van der Waals surface area contributed by atoms with Gasteiger partial charge in [-0.3, -0.25) is 14.5 Å². The molecule has 2 saturated heterocycles. The van der Waals surface area contributed by atoms with E-state index in [1.807, 2.05) is 21.9 Å². The van der Waals surface area contributed by atoms with Crippen LogP contribution in [0.3, 0.4) is 0 Å². The molecule has 0 bridgehead atoms. The number of carbonyl (C=O) groups excluding carboxylic acids is 2. The first-order valence-electron chi connectivity index (χ1n) is 11.6. The Kier molecular flexibility index (Phi) is 5.81. The number of carbonyl (C=O) groups is 2. The molecule has 4 heterocycles. The third-order valence-corrected chi connectivity index (χ3v) is 7.02. The topological polar surface area (TPSA) is 57.0 Å². The third kappa shape index (κ3) is 4.40. The first-order chi connectivity index (χ1) is 15.2. The van der Waals surface area contributed by atoms with E-state index in [2.05, 4.69) is 23.1 Å². The second kappa shape index (κ2) is 8.87. The van der Waals surface area contributed by atoms with Gasteiger partial charge < -0.3 is 14.2 Å². The maximum absolute atomic E-state index is 13.1. The maximum Gasteiger partial charge on any atom is 0.289 e. The molecule has 0 atom stereocenters. The first-order valence-corrected chi connectivity index (χ1v) is 11.6. The van der Waals surface area contributed by atoms with Crippen molar-refractivity contribution < 1.29 is 14.0 Å². The average Bonchev–Trinajstić information content (AvgIpc) is 3.50. The van der Waals surface area contributed by atoms with E-state index in [0.29, 0.717) is 25.4 Å². The third-order valence-electron chi connectivity index (χ3n) is 7.02. The van der Waals surface area contributed by atoms with Gasteiger partial charge in [-0.2, -0.15) is 0 Å². The van der Waals surface area contributed by atoms with Gasteiger partial charge in [0.05, 0.1) is 6.54 Å². The van der Waals surface area contributed by atoms with Crippen molar-refractivity contribution in [2.75, 3.05) is 32.7 Å². The molecule has 3 aliphatic rings. The molecule has 0 saturated carbocycles. The van der Waals surface area contributed by atoms with Crippen LogP contribution in [-0.4, -0.2) is 59.2 Å². The van der Waals surface area contributed by atoms with E-state index in [1.165, 1.54) is 24.0 Å². The number of likely N-dealkylation sites (tertiary alicyclic amines) is 2. The summed E-state index contributed by atoms with van der Waals surface area (Å²) < 4.78 is 5.86. The molecule has 1 aromatic carbocycles. The Labute approximate surface area is 183 Å². The summed E-state index contributed by atoms with van der Waals surface area (Å²) in [4.78, 5) is 32.2. The lowest BCUT2D eigenvalue weighted by molar-refractivity contribution is -0.137. The zero-order valence-corrected chi connectivity index (χ0v) is 18.1. The Balaban J connectivity index is 1.14. The van der Waals surface area contributed by atoms with Crippen LogP contribution in [0.5, 0.6) is 0 Å². The predicted molar refractivity (Wildman–Crippen MR) is 117 cm³/mol. The van der Waals surface area contributed by atoms with Gasteiger partial charge in [0.25, 0.3) is 5.91 Å². The van der Waals surface area contributed by atoms with E-state index in [4.69, 9.17) is 4.42 Å². The fraction of sp³-hybridized carbons (Fsp3) is 0.520. The Morgan fingerprint density at radius 1 is 0.871 bits per heavy atom. The van der Waals surface area contributed by atoms with Crippen LogP contribution in [-0.2, 0) is 24.3 Å². The monoisotopic (exact) mass is 421 g/mol. The highest BCUT2D eigenvalue weighted by atomic mass is 16.4. The molecular formula is C25H31N3O3. The Morgan fingerprint density at radius 3 is 2.39 bits per heavy atom. The Bertz CT molecular complexity index is 939. The van der Waals surface area contributed by atoms with Gasteiger partial charge in [0.2, 0.25) is 5.91 Å². The van der Waals surface area contributed by atoms with Crippen molar-refractivity contribution in [3.05, 3.63) is 59.0 Å². The second-order valence-corrected chi connectivity index (χ2v) is 9.09. The Hall–Kier alpha value is -2.60. The molecule has 2 amide bonds. The van der Waals surface area contributed by atoms with Crippen LogP contribution < -0.4 is 0 Å². The van der Waals surface area contributed by atoms with Crippen LogP contribution in [0.4, 0.5) is 0 Å². The van der Waals surface area contributed by atoms with Gasteiger partial charge in [-0.25, -0.2) is 0 Å². The van der Waals surface area contributed by atoms with Gasteiger partial charge in [-0.1, -0.05) is 24.3 Å². The summed E-state index contributed by atoms with van der Waals surface area (Å²) in [6.45, 7) is 5.72. The molecule has 0 radical (unpaired) electrons. The first kappa shape index (κ1) is 20.3. The SMILES string of the molecule is O=C(c1ccc(CN2CCCC2)o1)N1CCC(C(=O)N2CCc3ccccc3C2)CC1. The van der Waals surface area contributed by atoms with E-state index < -0.39 is 0 Å². The lowest BCUT2D eigenvalue weighted by atomic mass is 9.93. The summed E-state index contributed by atoms with van der Waals surface area (Å²) in [5.74, 6) is 1.49. The van der Waals surface area contributed by atoms with Gasteiger partial charge in [0.15, 0.2) is 5.76 Å². The molecule has 6 nitrogen and oxygen atoms in total. The van der Waals surface area contributed by atoms with Crippen LogP contribution in [0, 0.1) is 5.92 Å². The molecule has 0 N–H and O–H groups in total. The van der Waals surface area contributed by atoms with E-state index in [-0.39, 0.29) is 17.7 Å². The van der Waals surface area contributed by atoms with Gasteiger partial charge >= 0.3 is 0 Å². The van der Waals surface area contributed by atoms with Crippen LogP contribution in [0.1, 0.15) is 53.1 Å². The van der Waals surface area contributed by atoms with Gasteiger partial charge in [-0.05, 0) is 68.5 Å². The molecule has 2 fully saturated rings. The normalized spacial score (nSPS) is 20.1. The number of benzene rings is 1. The highest BCUT2D eigenvalue weighted by Crippen LogP contribution is 2.26. The quantitative estimate of drug-likeness (QED) is 0.760. The molecule has 3 aliphatic heterocycles. The molecule has 1 aromatic heterocycles. The smallest absolute Gasteiger partial charge is 0.289 e. The van der Waals surface area contributed by atoms with Crippen LogP contribution >= 0.6 is 0 Å². The van der Waals surface area contributed by atoms with Crippen LogP contribution in [0.25, 0.3) is 0 Å². The fourth-order valence-corrected chi connectivity index (χ4v) is 5.17. The van der Waals surface area contributed by atoms with Gasteiger partial charge in [0, 0.05) is 32.1 Å². The molecule has 0 unspecified atom stereocenters. The molecule has 0 aliphatic carbocycles. The van der Waals surface area contributed by atoms with Crippen molar-refractivity contribution in [1.29, 1.82) is 0 Å². The standard InChI is InChI=1S/C25H31N3O3/c29-24(28-16-9-19-5-1-2-6-21(19)17-28)20-10-14-27(15-11-20)25(30)23-8-7-22(31-23)18-26-12-3-4-13-26/h1-2,5-8,20H,3-4,9-18H2. The minimum atomic E-state index is -0.0505. The number of hydrogen-bond acceptors (Lipinski definition) is 4. The van der Waals surface area contributed by atoms with Crippen molar-refractivity contribution in [1.82, 2.24) is 14.7 Å². The van der Waals surface area contributed by atoms with E-state index in [1.54, 1.807) is 6.07 Å². The van der Waals surface area contributed by atoms with Gasteiger partial charge in [-0.15, -0.1) is 0 Å². The second-order valence-electron chi connectivity index (χ2n) is 9.09. The number of fused-ring (bicyclic) bond motifs is 1. The number of piperidine rings is 1. The molecule has 164 valence electrons. The summed E-state index contributed by atoms with van der Waals surface area (Å²) in [5, 5.41) is 0. The highest BCUT2D eigenvalue weighted by Gasteiger charge is 2.32. The summed E-state index contributed by atoms with van der Waals surface area (Å²) in [7, 11) is 0. The molecule has 0 spiro atoms. The van der Waals surface area contributed by atoms with Crippen LogP contribution in [0.15, 0.2) is 40.8 Å². The average molecular weight is 422 g/mol. The lowest BCUT2D eigenvalue weighted by Crippen LogP contribution is -2.45. The fourth-order valence-electron chi connectivity index (χ4n) is 5.17. The molecule has 31 heavy (non-hydrogen) atoms. The highest BCUT2D eigenvalue weighted by molar-refractivity contribution is 5.91. The van der Waals surface area contributed by atoms with Crippen molar-refractivity contribution in [3.63, 3.8) is 0 Å². The number of amides is 2. The van der Waals surface area contributed by atoms with Crippen LogP contribution in [0.2, 0.25) is 0 Å². The molecular weight excluding hydrogens is 390 g/mol. The summed E-state index contributed by atoms with van der Waals surface area (Å²) >= 11 is 0. The summed E-state index contributed by atoms with van der Waals surface area (Å²) in [6, 6.07) is 12.1. The van der Waals surface area contributed by atoms with Crippen molar-refractivity contribution in [2.24, 2.45) is 5.92 Å². The molecule has 2 aromatic rings. The Morgan fingerprint density at radius 2 is 1.61 bits per heavy atom. The zero-order valence-electron chi connectivity index (χ0n) is 18.1. The van der Waals surface area contributed by atoms with E-state index in [0.717, 1.165) is 51.2 Å². The molecule has 6 heteroatoms. The summed E-state index contributed by atoms with van der Waals surface area (Å²) in [6.07, 6.45) is 4.86. The molecule has 5 rings (SSSR count). The van der Waals surface area contributed by atoms with E-state index >= 15 is 0 Å². The number of furan rings is 1. The van der Waals surface area contributed by atoms with Crippen molar-refractivity contribution in [3.8, 4) is 0 Å². The van der Waals surface area contributed by atoms with E-state index in [9.17, 15) is 9.59 Å². The minimum absolute atomic E-state index is 0.0108. The largest absolute Gasteiger partial charge is 0.455 e. The lowest BCUT2D eigenvalue weighted by Gasteiger charge is -2.36. The zero-order chi connectivity index (χ0) is 21.2. The van der Waals surface area contributed by atoms with Crippen molar-refractivity contribution >= 4 is 11.8 Å².